The summed E-state index contributed by atoms with van der Waals surface area (Å²) in [6, 6.07) is 4.87. The number of carbonyl (C=O) groups is 2. The number of imide groups is 1. The standard InChI is InChI=1S/C11H7NO5/c13-10-4-7(11(14)12(10)15)6-1-2-8-9(3-6)17-5-16-8/h1-4,15H,5H2. The van der Waals surface area contributed by atoms with Crippen molar-refractivity contribution in [2.24, 2.45) is 0 Å². The Hall–Kier alpha value is -2.34. The van der Waals surface area contributed by atoms with Gasteiger partial charge < -0.3 is 9.47 Å². The average molecular weight is 233 g/mol. The Kier molecular flexibility index (Phi) is 1.93. The molecule has 2 aliphatic rings. The van der Waals surface area contributed by atoms with Crippen molar-refractivity contribution in [3.8, 4) is 11.5 Å². The minimum atomic E-state index is -0.748. The van der Waals surface area contributed by atoms with Gasteiger partial charge in [-0.05, 0) is 17.7 Å². The van der Waals surface area contributed by atoms with Crippen LogP contribution in [0.5, 0.6) is 11.5 Å². The zero-order valence-electron chi connectivity index (χ0n) is 8.54. The zero-order chi connectivity index (χ0) is 12.0. The van der Waals surface area contributed by atoms with Gasteiger partial charge >= 0.3 is 0 Å². The van der Waals surface area contributed by atoms with Crippen LogP contribution in [0.4, 0.5) is 0 Å². The van der Waals surface area contributed by atoms with E-state index in [0.29, 0.717) is 17.1 Å². The van der Waals surface area contributed by atoms with Crippen LogP contribution in [0.1, 0.15) is 5.56 Å². The largest absolute Gasteiger partial charge is 0.454 e. The highest BCUT2D eigenvalue weighted by Crippen LogP contribution is 2.35. The quantitative estimate of drug-likeness (QED) is 0.566. The monoisotopic (exact) mass is 233 g/mol. The summed E-state index contributed by atoms with van der Waals surface area (Å²) in [7, 11) is 0. The number of hydrogen-bond donors (Lipinski definition) is 1. The lowest BCUT2D eigenvalue weighted by molar-refractivity contribution is -0.168. The van der Waals surface area contributed by atoms with E-state index in [1.54, 1.807) is 18.2 Å². The molecule has 17 heavy (non-hydrogen) atoms. The molecule has 0 saturated heterocycles. The van der Waals surface area contributed by atoms with E-state index in [1.165, 1.54) is 0 Å². The summed E-state index contributed by atoms with van der Waals surface area (Å²) in [4.78, 5) is 22.7. The van der Waals surface area contributed by atoms with Gasteiger partial charge in [0.2, 0.25) is 6.79 Å². The maximum atomic E-state index is 11.5. The highest BCUT2D eigenvalue weighted by atomic mass is 16.7. The van der Waals surface area contributed by atoms with Crippen molar-refractivity contribution >= 4 is 17.4 Å². The number of amides is 2. The van der Waals surface area contributed by atoms with Crippen LogP contribution < -0.4 is 9.47 Å². The molecule has 6 nitrogen and oxygen atoms in total. The molecule has 0 aromatic heterocycles. The van der Waals surface area contributed by atoms with Crippen molar-refractivity contribution in [3.05, 3.63) is 29.8 Å². The third-order valence-electron chi connectivity index (χ3n) is 2.58. The van der Waals surface area contributed by atoms with E-state index in [-0.39, 0.29) is 17.4 Å². The fraction of sp³-hybridized carbons (Fsp3) is 0.0909. The fourth-order valence-corrected chi connectivity index (χ4v) is 1.73. The highest BCUT2D eigenvalue weighted by molar-refractivity contribution is 6.32. The Morgan fingerprint density at radius 1 is 1.18 bits per heavy atom. The minimum Gasteiger partial charge on any atom is -0.454 e. The molecule has 86 valence electrons. The lowest BCUT2D eigenvalue weighted by Crippen LogP contribution is -2.26. The van der Waals surface area contributed by atoms with Gasteiger partial charge in [-0.3, -0.25) is 14.8 Å². The van der Waals surface area contributed by atoms with E-state index in [1.807, 2.05) is 0 Å². The van der Waals surface area contributed by atoms with Gasteiger partial charge in [0.1, 0.15) is 0 Å². The van der Waals surface area contributed by atoms with Crippen LogP contribution in [0.3, 0.4) is 0 Å². The molecule has 0 aliphatic carbocycles. The molecule has 0 saturated carbocycles. The first kappa shape index (κ1) is 9.86. The highest BCUT2D eigenvalue weighted by Gasteiger charge is 2.31. The topological polar surface area (TPSA) is 76.1 Å². The van der Waals surface area contributed by atoms with Crippen LogP contribution in [0.2, 0.25) is 0 Å². The van der Waals surface area contributed by atoms with Crippen LogP contribution in [-0.2, 0) is 9.59 Å². The lowest BCUT2D eigenvalue weighted by atomic mass is 10.1. The molecule has 0 fully saturated rings. The first-order valence-corrected chi connectivity index (χ1v) is 4.86. The molecule has 0 bridgehead atoms. The van der Waals surface area contributed by atoms with E-state index in [0.717, 1.165) is 6.08 Å². The first-order chi connectivity index (χ1) is 8.16. The van der Waals surface area contributed by atoms with Gasteiger partial charge in [-0.25, -0.2) is 0 Å². The number of benzene rings is 1. The molecule has 1 aromatic rings. The molecular weight excluding hydrogens is 226 g/mol. The molecule has 2 heterocycles. The predicted octanol–water partition coefficient (Wildman–Crippen LogP) is 0.557. The van der Waals surface area contributed by atoms with Gasteiger partial charge in [-0.1, -0.05) is 6.07 Å². The second-order valence-corrected chi connectivity index (χ2v) is 3.58. The number of rotatable bonds is 1. The summed E-state index contributed by atoms with van der Waals surface area (Å²) in [6.07, 6.45) is 1.08. The van der Waals surface area contributed by atoms with Crippen molar-refractivity contribution < 1.29 is 24.3 Å². The summed E-state index contributed by atoms with van der Waals surface area (Å²) in [5.74, 6) is -0.386. The molecule has 0 atom stereocenters. The Balaban J connectivity index is 2.03. The molecule has 2 aliphatic heterocycles. The summed E-state index contributed by atoms with van der Waals surface area (Å²) in [6.45, 7) is 0.136. The Bertz CT molecular complexity index is 563. The molecule has 6 heteroatoms. The summed E-state index contributed by atoms with van der Waals surface area (Å²) in [5.41, 5.74) is 0.639. The van der Waals surface area contributed by atoms with E-state index >= 15 is 0 Å². The van der Waals surface area contributed by atoms with Crippen molar-refractivity contribution in [1.29, 1.82) is 0 Å². The predicted molar refractivity (Wildman–Crippen MR) is 54.2 cm³/mol. The van der Waals surface area contributed by atoms with E-state index < -0.39 is 11.8 Å². The summed E-state index contributed by atoms with van der Waals surface area (Å²) < 4.78 is 10.3. The van der Waals surface area contributed by atoms with Crippen molar-refractivity contribution in [3.63, 3.8) is 0 Å². The summed E-state index contributed by atoms with van der Waals surface area (Å²) >= 11 is 0. The number of ether oxygens (including phenoxy) is 2. The third-order valence-corrected chi connectivity index (χ3v) is 2.58. The molecular formula is C11H7NO5. The van der Waals surface area contributed by atoms with Crippen LogP contribution in [-0.4, -0.2) is 28.9 Å². The van der Waals surface area contributed by atoms with E-state index in [4.69, 9.17) is 14.7 Å². The molecule has 0 unspecified atom stereocenters. The Morgan fingerprint density at radius 2 is 1.94 bits per heavy atom. The third kappa shape index (κ3) is 1.38. The van der Waals surface area contributed by atoms with Crippen LogP contribution in [0.15, 0.2) is 24.3 Å². The second-order valence-electron chi connectivity index (χ2n) is 3.58. The van der Waals surface area contributed by atoms with Crippen LogP contribution in [0.25, 0.3) is 5.57 Å². The average Bonchev–Trinajstić information content (AvgIpc) is 2.89. The van der Waals surface area contributed by atoms with E-state index in [2.05, 4.69) is 0 Å². The van der Waals surface area contributed by atoms with Crippen molar-refractivity contribution in [2.75, 3.05) is 6.79 Å². The van der Waals surface area contributed by atoms with Gasteiger partial charge in [-0.2, -0.15) is 0 Å². The molecule has 3 rings (SSSR count). The molecule has 0 spiro atoms. The normalized spacial score (nSPS) is 17.7. The van der Waals surface area contributed by atoms with Crippen molar-refractivity contribution in [2.45, 2.75) is 0 Å². The van der Waals surface area contributed by atoms with E-state index in [9.17, 15) is 9.59 Å². The minimum absolute atomic E-state index is 0.0833. The SMILES string of the molecule is O=C1C=C(c2ccc3c(c2)OCO3)C(=O)N1O. The maximum absolute atomic E-state index is 11.5. The number of hydrogen-bond acceptors (Lipinski definition) is 5. The number of hydroxylamine groups is 2. The van der Waals surface area contributed by atoms with Gasteiger partial charge in [0, 0.05) is 6.08 Å². The molecule has 0 radical (unpaired) electrons. The number of nitrogens with zero attached hydrogens (tertiary/aromatic N) is 1. The van der Waals surface area contributed by atoms with Crippen molar-refractivity contribution in [1.82, 2.24) is 5.06 Å². The maximum Gasteiger partial charge on any atom is 0.285 e. The summed E-state index contributed by atoms with van der Waals surface area (Å²) in [5, 5.41) is 9.20. The zero-order valence-corrected chi connectivity index (χ0v) is 8.54. The number of carbonyl (C=O) groups excluding carboxylic acids is 2. The van der Waals surface area contributed by atoms with Gasteiger partial charge in [0.15, 0.2) is 11.5 Å². The van der Waals surface area contributed by atoms with Crippen LogP contribution in [0, 0.1) is 0 Å². The Morgan fingerprint density at radius 3 is 2.65 bits per heavy atom. The van der Waals surface area contributed by atoms with Gasteiger partial charge in [-0.15, -0.1) is 5.06 Å². The fourth-order valence-electron chi connectivity index (χ4n) is 1.73. The molecule has 1 aromatic carbocycles. The number of fused-ring (bicyclic) bond motifs is 1. The first-order valence-electron chi connectivity index (χ1n) is 4.86. The Labute approximate surface area is 95.6 Å². The van der Waals surface area contributed by atoms with Gasteiger partial charge in [0.05, 0.1) is 5.57 Å². The second kappa shape index (κ2) is 3.33. The van der Waals surface area contributed by atoms with Crippen LogP contribution >= 0.6 is 0 Å². The van der Waals surface area contributed by atoms with Gasteiger partial charge in [0.25, 0.3) is 11.8 Å². The molecule has 1 N–H and O–H groups in total. The molecule has 2 amide bonds. The smallest absolute Gasteiger partial charge is 0.285 e. The lowest BCUT2D eigenvalue weighted by Gasteiger charge is -2.05.